The maximum Gasteiger partial charge on any atom is 0.326 e. The van der Waals surface area contributed by atoms with Crippen molar-refractivity contribution in [3.63, 3.8) is 0 Å². The number of carboxylic acid groups (broad SMARTS) is 1. The highest BCUT2D eigenvalue weighted by Crippen LogP contribution is 2.32. The molecular weight excluding hydrogens is 248 g/mol. The fraction of sp³-hybridized carbons (Fsp3) is 0.778. The normalized spacial score (nSPS) is 17.8. The summed E-state index contributed by atoms with van der Waals surface area (Å²) < 4.78 is 23.0. The lowest BCUT2D eigenvalue weighted by Crippen LogP contribution is -2.46. The first kappa shape index (κ1) is 13.9. The van der Waals surface area contributed by atoms with Crippen LogP contribution in [0.2, 0.25) is 0 Å². The lowest BCUT2D eigenvalue weighted by molar-refractivity contribution is -0.142. The lowest BCUT2D eigenvalue weighted by Gasteiger charge is -2.17. The van der Waals surface area contributed by atoms with Crippen LogP contribution in [0.1, 0.15) is 12.8 Å². The van der Waals surface area contributed by atoms with Crippen molar-refractivity contribution in [2.24, 2.45) is 5.92 Å². The minimum Gasteiger partial charge on any atom is -0.480 e. The number of sulfonamides is 1. The van der Waals surface area contributed by atoms with Crippen LogP contribution in [-0.2, 0) is 19.6 Å². The van der Waals surface area contributed by atoms with Crippen LogP contribution < -0.4 is 5.32 Å². The highest BCUT2D eigenvalue weighted by Gasteiger charge is 2.37. The Morgan fingerprint density at radius 1 is 1.47 bits per heavy atom. The average Bonchev–Trinajstić information content (AvgIpc) is 2.95. The molecule has 7 nitrogen and oxygen atoms in total. The highest BCUT2D eigenvalue weighted by molar-refractivity contribution is 7.88. The van der Waals surface area contributed by atoms with Crippen molar-refractivity contribution >= 4 is 21.9 Å². The van der Waals surface area contributed by atoms with Gasteiger partial charge in [0.05, 0.1) is 12.8 Å². The number of rotatable bonds is 6. The number of hydrogen-bond acceptors (Lipinski definition) is 4. The van der Waals surface area contributed by atoms with Crippen molar-refractivity contribution in [1.82, 2.24) is 9.62 Å². The molecular formula is C9H16N2O5S. The van der Waals surface area contributed by atoms with Crippen LogP contribution in [0.25, 0.3) is 0 Å². The Bertz CT molecular complexity index is 415. The summed E-state index contributed by atoms with van der Waals surface area (Å²) in [7, 11) is -2.17. The second-order valence-electron chi connectivity index (χ2n) is 4.24. The number of likely N-dealkylation sites (N-methyl/N-ethyl adjacent to an activating group) is 1. The molecule has 1 unspecified atom stereocenters. The fourth-order valence-corrected chi connectivity index (χ4v) is 1.70. The molecule has 0 bridgehead atoms. The van der Waals surface area contributed by atoms with E-state index in [2.05, 4.69) is 5.32 Å². The Kier molecular flexibility index (Phi) is 4.10. The number of hydrogen-bond donors (Lipinski definition) is 2. The molecule has 98 valence electrons. The van der Waals surface area contributed by atoms with Gasteiger partial charge in [0.15, 0.2) is 0 Å². The van der Waals surface area contributed by atoms with Gasteiger partial charge in [-0.1, -0.05) is 0 Å². The van der Waals surface area contributed by atoms with E-state index in [9.17, 15) is 18.0 Å². The van der Waals surface area contributed by atoms with Crippen LogP contribution in [0, 0.1) is 5.92 Å². The average molecular weight is 264 g/mol. The summed E-state index contributed by atoms with van der Waals surface area (Å²) in [6, 6.07) is -0.907. The summed E-state index contributed by atoms with van der Waals surface area (Å²) in [6.07, 6.45) is 2.54. The van der Waals surface area contributed by atoms with Gasteiger partial charge >= 0.3 is 5.97 Å². The minimum absolute atomic E-state index is 0.0278. The smallest absolute Gasteiger partial charge is 0.326 e. The van der Waals surface area contributed by atoms with Gasteiger partial charge < -0.3 is 10.4 Å². The van der Waals surface area contributed by atoms with Gasteiger partial charge in [-0.2, -0.15) is 4.31 Å². The molecule has 1 atom stereocenters. The van der Waals surface area contributed by atoms with Gasteiger partial charge in [0, 0.05) is 7.05 Å². The zero-order chi connectivity index (χ0) is 13.2. The summed E-state index contributed by atoms with van der Waals surface area (Å²) >= 11 is 0. The van der Waals surface area contributed by atoms with Gasteiger partial charge in [0.25, 0.3) is 0 Å². The van der Waals surface area contributed by atoms with E-state index in [0.717, 1.165) is 23.4 Å². The molecule has 1 fully saturated rings. The van der Waals surface area contributed by atoms with Crippen LogP contribution in [0.5, 0.6) is 0 Å². The molecule has 17 heavy (non-hydrogen) atoms. The second-order valence-corrected chi connectivity index (χ2v) is 6.33. The first-order valence-corrected chi connectivity index (χ1v) is 7.00. The van der Waals surface area contributed by atoms with Gasteiger partial charge in [0.2, 0.25) is 15.9 Å². The third-order valence-corrected chi connectivity index (χ3v) is 3.87. The molecule has 0 aromatic heterocycles. The van der Waals surface area contributed by atoms with Crippen molar-refractivity contribution in [3.05, 3.63) is 0 Å². The molecule has 1 rings (SSSR count). The summed E-state index contributed by atoms with van der Waals surface area (Å²) in [6.45, 7) is -0.366. The Morgan fingerprint density at radius 2 is 2.00 bits per heavy atom. The first-order valence-electron chi connectivity index (χ1n) is 5.15. The van der Waals surface area contributed by atoms with E-state index < -0.39 is 27.9 Å². The van der Waals surface area contributed by atoms with Crippen molar-refractivity contribution < 1.29 is 23.1 Å². The molecule has 1 aliphatic carbocycles. The van der Waals surface area contributed by atoms with E-state index in [1.807, 2.05) is 0 Å². The third kappa shape index (κ3) is 4.31. The van der Waals surface area contributed by atoms with E-state index in [4.69, 9.17) is 5.11 Å². The van der Waals surface area contributed by atoms with Crippen molar-refractivity contribution in [2.45, 2.75) is 18.9 Å². The maximum atomic E-state index is 11.5. The molecule has 1 amide bonds. The number of carbonyl (C=O) groups is 2. The second kappa shape index (κ2) is 5.01. The minimum atomic E-state index is -3.43. The topological polar surface area (TPSA) is 104 Å². The van der Waals surface area contributed by atoms with Crippen LogP contribution >= 0.6 is 0 Å². The van der Waals surface area contributed by atoms with Crippen molar-refractivity contribution in [3.8, 4) is 0 Å². The van der Waals surface area contributed by atoms with Gasteiger partial charge in [-0.3, -0.25) is 4.79 Å². The third-order valence-electron chi connectivity index (χ3n) is 2.61. The molecule has 0 aromatic carbocycles. The number of nitrogens with one attached hydrogen (secondary N) is 1. The summed E-state index contributed by atoms with van der Waals surface area (Å²) in [4.78, 5) is 22.3. The molecule has 0 radical (unpaired) electrons. The number of carboxylic acids is 1. The number of aliphatic carboxylic acids is 1. The summed E-state index contributed by atoms with van der Waals surface area (Å²) in [5, 5.41) is 11.2. The molecule has 1 aliphatic rings. The van der Waals surface area contributed by atoms with Crippen LogP contribution in [0.3, 0.4) is 0 Å². The molecule has 0 heterocycles. The summed E-state index contributed by atoms with van der Waals surface area (Å²) in [5.74, 6) is -1.71. The molecule has 0 aliphatic heterocycles. The number of nitrogens with zero attached hydrogens (tertiary/aromatic N) is 1. The quantitative estimate of drug-likeness (QED) is 0.631. The standard InChI is InChI=1S/C9H16N2O5S/c1-11(17(2,15)16)5-7(12)10-8(9(13)14)6-3-4-6/h6,8H,3-5H2,1-2H3,(H,10,12)(H,13,14). The van der Waals surface area contributed by atoms with E-state index in [0.29, 0.717) is 0 Å². The Morgan fingerprint density at radius 3 is 2.35 bits per heavy atom. The monoisotopic (exact) mass is 264 g/mol. The zero-order valence-corrected chi connectivity index (χ0v) is 10.5. The van der Waals surface area contributed by atoms with Gasteiger partial charge in [-0.25, -0.2) is 13.2 Å². The van der Waals surface area contributed by atoms with E-state index >= 15 is 0 Å². The molecule has 0 spiro atoms. The molecule has 0 aromatic rings. The van der Waals surface area contributed by atoms with E-state index in [-0.39, 0.29) is 12.5 Å². The van der Waals surface area contributed by atoms with Crippen LogP contribution in [0.15, 0.2) is 0 Å². The van der Waals surface area contributed by atoms with E-state index in [1.165, 1.54) is 7.05 Å². The van der Waals surface area contributed by atoms with E-state index in [1.54, 1.807) is 0 Å². The Labute approximate surface area is 99.8 Å². The Balaban J connectivity index is 2.51. The first-order chi connectivity index (χ1) is 7.71. The van der Waals surface area contributed by atoms with Gasteiger partial charge in [-0.15, -0.1) is 0 Å². The predicted molar refractivity (Wildman–Crippen MR) is 59.8 cm³/mol. The lowest BCUT2D eigenvalue weighted by atomic mass is 10.2. The maximum absolute atomic E-state index is 11.5. The SMILES string of the molecule is CN(CC(=O)NC(C(=O)O)C1CC1)S(C)(=O)=O. The largest absolute Gasteiger partial charge is 0.480 e. The number of carbonyl (C=O) groups excluding carboxylic acids is 1. The van der Waals surface area contributed by atoms with Crippen LogP contribution in [-0.4, -0.2) is 55.6 Å². The molecule has 8 heteroatoms. The predicted octanol–water partition coefficient (Wildman–Crippen LogP) is -1.14. The fourth-order valence-electron chi connectivity index (χ4n) is 1.35. The Hall–Kier alpha value is -1.15. The molecule has 2 N–H and O–H groups in total. The number of amides is 1. The van der Waals surface area contributed by atoms with Gasteiger partial charge in [0.1, 0.15) is 6.04 Å². The molecule has 0 saturated heterocycles. The van der Waals surface area contributed by atoms with Gasteiger partial charge in [-0.05, 0) is 18.8 Å². The van der Waals surface area contributed by atoms with Crippen LogP contribution in [0.4, 0.5) is 0 Å². The summed E-state index contributed by atoms with van der Waals surface area (Å²) in [5.41, 5.74) is 0. The van der Waals surface area contributed by atoms with Crippen molar-refractivity contribution in [2.75, 3.05) is 19.8 Å². The highest BCUT2D eigenvalue weighted by atomic mass is 32.2. The van der Waals surface area contributed by atoms with Crippen molar-refractivity contribution in [1.29, 1.82) is 0 Å². The molecule has 1 saturated carbocycles. The zero-order valence-electron chi connectivity index (χ0n) is 9.71.